The third kappa shape index (κ3) is 7.48. The van der Waals surface area contributed by atoms with Crippen LogP contribution in [0.1, 0.15) is 62.9 Å². The minimum absolute atomic E-state index is 0.0479. The van der Waals surface area contributed by atoms with E-state index in [2.05, 4.69) is 5.10 Å². The summed E-state index contributed by atoms with van der Waals surface area (Å²) in [5, 5.41) is 13.8. The first-order valence-electron chi connectivity index (χ1n) is 11.1. The number of benzene rings is 2. The maximum Gasteiger partial charge on any atom is 0.258 e. The lowest BCUT2D eigenvalue weighted by Gasteiger charge is -2.31. The van der Waals surface area contributed by atoms with Gasteiger partial charge in [0.15, 0.2) is 0 Å². The molecule has 0 saturated carbocycles. The number of unbranched alkanes of at least 4 members (excludes halogenated alkanes) is 2. The lowest BCUT2D eigenvalue weighted by atomic mass is 10.1. The maximum atomic E-state index is 12.8. The highest BCUT2D eigenvalue weighted by atomic mass is 16.5. The Morgan fingerprint density at radius 2 is 1.53 bits per heavy atom. The van der Waals surface area contributed by atoms with Crippen molar-refractivity contribution in [2.75, 3.05) is 13.2 Å². The summed E-state index contributed by atoms with van der Waals surface area (Å²) in [4.78, 5) is 14.5. The Hall–Kier alpha value is -3.22. The fourth-order valence-electron chi connectivity index (χ4n) is 3.48. The van der Waals surface area contributed by atoms with Gasteiger partial charge in [-0.25, -0.2) is 0 Å². The van der Waals surface area contributed by atoms with Crippen LogP contribution in [0.25, 0.3) is 0 Å². The quantitative estimate of drug-likeness (QED) is 0.218. The number of hydrogen-bond donors (Lipinski definition) is 2. The number of hydrazone groups is 1. The van der Waals surface area contributed by atoms with Gasteiger partial charge in [-0.05, 0) is 88.9 Å². The van der Waals surface area contributed by atoms with Gasteiger partial charge in [0.05, 0.1) is 25.0 Å². The van der Waals surface area contributed by atoms with Gasteiger partial charge < -0.3 is 25.3 Å². The lowest BCUT2D eigenvalue weighted by Crippen LogP contribution is -2.42. The molecule has 2 rings (SSSR count). The zero-order chi connectivity index (χ0) is 23.5. The molecule has 2 aromatic rings. The number of carbonyl (C=O) groups is 1. The number of nitrogens with two attached hydrogens (primary N) is 1. The molecule has 2 aromatic carbocycles. The van der Waals surface area contributed by atoms with Crippen molar-refractivity contribution in [3.05, 3.63) is 53.6 Å². The molecular formula is C25H35N3O4. The van der Waals surface area contributed by atoms with Crippen molar-refractivity contribution in [2.45, 2.75) is 59.0 Å². The molecule has 32 heavy (non-hydrogen) atoms. The SMILES string of the molecule is CC(C)N(C(=O)c1ccc(OCCCCCOc2ccc(C=NN)cc2)cc1O)C(C)C. The molecule has 3 N–H and O–H groups in total. The van der Waals surface area contributed by atoms with E-state index in [-0.39, 0.29) is 23.7 Å². The van der Waals surface area contributed by atoms with Gasteiger partial charge in [-0.2, -0.15) is 5.10 Å². The van der Waals surface area contributed by atoms with Gasteiger partial charge in [-0.3, -0.25) is 4.79 Å². The fraction of sp³-hybridized carbons (Fsp3) is 0.440. The maximum absolute atomic E-state index is 12.8. The van der Waals surface area contributed by atoms with E-state index in [0.29, 0.717) is 24.5 Å². The smallest absolute Gasteiger partial charge is 0.258 e. The van der Waals surface area contributed by atoms with Gasteiger partial charge in [-0.1, -0.05) is 0 Å². The first-order valence-corrected chi connectivity index (χ1v) is 11.1. The zero-order valence-electron chi connectivity index (χ0n) is 19.5. The second-order valence-corrected chi connectivity index (χ2v) is 8.18. The summed E-state index contributed by atoms with van der Waals surface area (Å²) < 4.78 is 11.5. The van der Waals surface area contributed by atoms with E-state index in [9.17, 15) is 9.90 Å². The van der Waals surface area contributed by atoms with Crippen LogP contribution in [0.5, 0.6) is 17.2 Å². The molecule has 0 radical (unpaired) electrons. The predicted molar refractivity (Wildman–Crippen MR) is 128 cm³/mol. The Kier molecular flexibility index (Phi) is 9.85. The molecule has 0 unspecified atom stereocenters. The van der Waals surface area contributed by atoms with Crippen LogP contribution in [0.3, 0.4) is 0 Å². The molecule has 7 heteroatoms. The molecule has 0 bridgehead atoms. The van der Waals surface area contributed by atoms with Crippen LogP contribution < -0.4 is 15.3 Å². The minimum atomic E-state index is -0.179. The van der Waals surface area contributed by atoms with E-state index < -0.39 is 0 Å². The van der Waals surface area contributed by atoms with Crippen LogP contribution in [0.15, 0.2) is 47.6 Å². The average molecular weight is 442 g/mol. The normalized spacial score (nSPS) is 11.3. The first-order chi connectivity index (χ1) is 15.3. The van der Waals surface area contributed by atoms with Crippen molar-refractivity contribution in [1.82, 2.24) is 4.90 Å². The Labute approximate surface area is 190 Å². The van der Waals surface area contributed by atoms with Crippen molar-refractivity contribution >= 4 is 12.1 Å². The highest BCUT2D eigenvalue weighted by Gasteiger charge is 2.24. The number of phenols is 1. The fourth-order valence-corrected chi connectivity index (χ4v) is 3.48. The third-order valence-corrected chi connectivity index (χ3v) is 4.98. The number of carbonyl (C=O) groups excluding carboxylic acids is 1. The molecule has 0 fully saturated rings. The van der Waals surface area contributed by atoms with Crippen LogP contribution in [-0.4, -0.2) is 47.4 Å². The molecule has 174 valence electrons. The Morgan fingerprint density at radius 3 is 2.06 bits per heavy atom. The second-order valence-electron chi connectivity index (χ2n) is 8.18. The van der Waals surface area contributed by atoms with Gasteiger partial charge in [0.1, 0.15) is 17.2 Å². The molecule has 1 amide bonds. The van der Waals surface area contributed by atoms with Gasteiger partial charge in [0, 0.05) is 18.2 Å². The van der Waals surface area contributed by atoms with Crippen LogP contribution in [-0.2, 0) is 0 Å². The van der Waals surface area contributed by atoms with E-state index in [4.69, 9.17) is 15.3 Å². The monoisotopic (exact) mass is 441 g/mol. The van der Waals surface area contributed by atoms with E-state index in [1.165, 1.54) is 6.07 Å². The molecule has 0 aromatic heterocycles. The van der Waals surface area contributed by atoms with Crippen molar-refractivity contribution in [2.24, 2.45) is 10.9 Å². The standard InChI is InChI=1S/C25H35N3O4/c1-18(2)28(19(3)4)25(30)23-13-12-22(16-24(23)29)32-15-7-5-6-14-31-21-10-8-20(9-11-21)17-27-26/h8-13,16-19,29H,5-7,14-15,26H2,1-4H3. The van der Waals surface area contributed by atoms with E-state index >= 15 is 0 Å². The van der Waals surface area contributed by atoms with Crippen LogP contribution in [0.4, 0.5) is 0 Å². The van der Waals surface area contributed by atoms with Crippen LogP contribution in [0.2, 0.25) is 0 Å². The largest absolute Gasteiger partial charge is 0.507 e. The van der Waals surface area contributed by atoms with Gasteiger partial charge in [0.2, 0.25) is 0 Å². The number of phenolic OH excluding ortho intramolecular Hbond substituents is 1. The Balaban J connectivity index is 1.72. The number of ether oxygens (including phenoxy) is 2. The summed E-state index contributed by atoms with van der Waals surface area (Å²) >= 11 is 0. The molecule has 0 spiro atoms. The summed E-state index contributed by atoms with van der Waals surface area (Å²) in [6.07, 6.45) is 4.32. The van der Waals surface area contributed by atoms with Crippen molar-refractivity contribution < 1.29 is 19.4 Å². The number of rotatable bonds is 12. The topological polar surface area (TPSA) is 97.4 Å². The van der Waals surface area contributed by atoms with Crippen molar-refractivity contribution in [3.63, 3.8) is 0 Å². The molecular weight excluding hydrogens is 406 g/mol. The summed E-state index contributed by atoms with van der Waals surface area (Å²) in [6, 6.07) is 12.5. The molecule has 0 aliphatic carbocycles. The predicted octanol–water partition coefficient (Wildman–Crippen LogP) is 4.57. The van der Waals surface area contributed by atoms with E-state index in [1.54, 1.807) is 23.2 Å². The highest BCUT2D eigenvalue weighted by molar-refractivity contribution is 5.97. The van der Waals surface area contributed by atoms with Crippen LogP contribution in [0, 0.1) is 0 Å². The Morgan fingerprint density at radius 1 is 0.969 bits per heavy atom. The summed E-state index contributed by atoms with van der Waals surface area (Å²) in [7, 11) is 0. The number of aromatic hydroxyl groups is 1. The minimum Gasteiger partial charge on any atom is -0.507 e. The first kappa shape index (κ1) is 25.0. The molecule has 0 aliphatic rings. The van der Waals surface area contributed by atoms with Crippen molar-refractivity contribution in [1.29, 1.82) is 0 Å². The molecule has 0 aliphatic heterocycles. The summed E-state index contributed by atoms with van der Waals surface area (Å²) in [6.45, 7) is 9.02. The van der Waals surface area contributed by atoms with Crippen LogP contribution >= 0.6 is 0 Å². The van der Waals surface area contributed by atoms with Gasteiger partial charge in [0.25, 0.3) is 5.91 Å². The zero-order valence-corrected chi connectivity index (χ0v) is 19.5. The van der Waals surface area contributed by atoms with Gasteiger partial charge >= 0.3 is 0 Å². The second kappa shape index (κ2) is 12.6. The van der Waals surface area contributed by atoms with Gasteiger partial charge in [-0.15, -0.1) is 0 Å². The Bertz CT molecular complexity index is 871. The lowest BCUT2D eigenvalue weighted by molar-refractivity contribution is 0.0640. The number of amides is 1. The number of hydrogen-bond acceptors (Lipinski definition) is 6. The molecule has 0 atom stereocenters. The van der Waals surface area contributed by atoms with Crippen molar-refractivity contribution in [3.8, 4) is 17.2 Å². The summed E-state index contributed by atoms with van der Waals surface area (Å²) in [5.41, 5.74) is 1.22. The average Bonchev–Trinajstić information content (AvgIpc) is 2.74. The molecule has 7 nitrogen and oxygen atoms in total. The molecule has 0 saturated heterocycles. The highest BCUT2D eigenvalue weighted by Crippen LogP contribution is 2.26. The third-order valence-electron chi connectivity index (χ3n) is 4.98. The number of nitrogens with zero attached hydrogens (tertiary/aromatic N) is 2. The van der Waals surface area contributed by atoms with E-state index in [0.717, 1.165) is 30.6 Å². The molecule has 0 heterocycles. The van der Waals surface area contributed by atoms with E-state index in [1.807, 2.05) is 52.0 Å². The summed E-state index contributed by atoms with van der Waals surface area (Å²) in [5.74, 6) is 6.26.